The van der Waals surface area contributed by atoms with Crippen LogP contribution in [0.5, 0.6) is 5.75 Å². The van der Waals surface area contributed by atoms with Gasteiger partial charge in [0.05, 0.1) is 6.20 Å². The van der Waals surface area contributed by atoms with E-state index in [4.69, 9.17) is 0 Å². The first kappa shape index (κ1) is 13.8. The minimum absolute atomic E-state index is 0.205. The standard InChI is InChI=1S/C14H21N3O2/c1-3-4-17-11-14(19)13(18)9-12(17)10-16-7-5-15(2)6-8-16/h3,9,11,19H,1,4-8,10H2,2H3. The number of pyridine rings is 1. The summed E-state index contributed by atoms with van der Waals surface area (Å²) >= 11 is 0. The van der Waals surface area contributed by atoms with Crippen LogP contribution in [0, 0.1) is 0 Å². The summed E-state index contributed by atoms with van der Waals surface area (Å²) < 4.78 is 1.88. The zero-order valence-corrected chi connectivity index (χ0v) is 11.4. The molecule has 0 aliphatic carbocycles. The van der Waals surface area contributed by atoms with E-state index in [1.807, 2.05) is 4.57 Å². The Morgan fingerprint density at radius 2 is 2.05 bits per heavy atom. The molecule has 1 saturated heterocycles. The Bertz CT molecular complexity index is 502. The number of hydrogen-bond acceptors (Lipinski definition) is 4. The van der Waals surface area contributed by atoms with Gasteiger partial charge in [-0.2, -0.15) is 0 Å². The molecule has 19 heavy (non-hydrogen) atoms. The summed E-state index contributed by atoms with van der Waals surface area (Å²) in [6.07, 6.45) is 3.26. The maximum atomic E-state index is 11.6. The highest BCUT2D eigenvalue weighted by Crippen LogP contribution is 2.10. The monoisotopic (exact) mass is 263 g/mol. The number of rotatable bonds is 4. The summed E-state index contributed by atoms with van der Waals surface area (Å²) in [4.78, 5) is 16.2. The molecule has 5 nitrogen and oxygen atoms in total. The zero-order chi connectivity index (χ0) is 13.8. The van der Waals surface area contributed by atoms with Crippen molar-refractivity contribution in [2.24, 2.45) is 0 Å². The molecule has 5 heteroatoms. The molecule has 104 valence electrons. The van der Waals surface area contributed by atoms with Gasteiger partial charge in [-0.05, 0) is 7.05 Å². The first-order valence-electron chi connectivity index (χ1n) is 6.54. The van der Waals surface area contributed by atoms with Crippen LogP contribution in [0.1, 0.15) is 5.69 Å². The lowest BCUT2D eigenvalue weighted by molar-refractivity contribution is 0.145. The van der Waals surface area contributed by atoms with Crippen LogP contribution in [0.4, 0.5) is 0 Å². The Balaban J connectivity index is 2.16. The first-order valence-corrected chi connectivity index (χ1v) is 6.54. The molecule has 1 N–H and O–H groups in total. The van der Waals surface area contributed by atoms with Crippen LogP contribution in [0.15, 0.2) is 29.7 Å². The van der Waals surface area contributed by atoms with E-state index in [0.717, 1.165) is 38.4 Å². The van der Waals surface area contributed by atoms with E-state index < -0.39 is 0 Å². The van der Waals surface area contributed by atoms with Gasteiger partial charge in [0.2, 0.25) is 5.43 Å². The molecule has 1 aliphatic rings. The van der Waals surface area contributed by atoms with Crippen molar-refractivity contribution in [3.8, 4) is 5.75 Å². The number of nitrogens with zero attached hydrogens (tertiary/aromatic N) is 3. The first-order chi connectivity index (χ1) is 9.10. The Kier molecular flexibility index (Phi) is 4.39. The van der Waals surface area contributed by atoms with Gasteiger partial charge in [0.25, 0.3) is 0 Å². The average molecular weight is 263 g/mol. The van der Waals surface area contributed by atoms with Gasteiger partial charge in [-0.15, -0.1) is 6.58 Å². The van der Waals surface area contributed by atoms with Crippen molar-refractivity contribution < 1.29 is 5.11 Å². The fourth-order valence-electron chi connectivity index (χ4n) is 2.28. The second-order valence-corrected chi connectivity index (χ2v) is 5.03. The number of aromatic nitrogens is 1. The molecule has 1 aromatic heterocycles. The summed E-state index contributed by atoms with van der Waals surface area (Å²) in [5.74, 6) is -0.205. The van der Waals surface area contributed by atoms with Gasteiger partial charge in [-0.25, -0.2) is 0 Å². The van der Waals surface area contributed by atoms with Crippen LogP contribution in [0.2, 0.25) is 0 Å². The summed E-state index contributed by atoms with van der Waals surface area (Å²) in [7, 11) is 2.12. The second kappa shape index (κ2) is 6.04. The molecule has 0 bridgehead atoms. The zero-order valence-electron chi connectivity index (χ0n) is 11.4. The van der Waals surface area contributed by atoms with Gasteiger partial charge < -0.3 is 14.6 Å². The third-order valence-electron chi connectivity index (χ3n) is 3.50. The highest BCUT2D eigenvalue weighted by atomic mass is 16.3. The normalized spacial score (nSPS) is 17.5. The van der Waals surface area contributed by atoms with E-state index in [2.05, 4.69) is 23.4 Å². The minimum atomic E-state index is -0.315. The lowest BCUT2D eigenvalue weighted by Gasteiger charge is -2.32. The van der Waals surface area contributed by atoms with Crippen molar-refractivity contribution >= 4 is 0 Å². The van der Waals surface area contributed by atoms with Crippen LogP contribution >= 0.6 is 0 Å². The summed E-state index contributed by atoms with van der Waals surface area (Å²) in [6.45, 7) is 9.12. The molecule has 2 rings (SSSR count). The SMILES string of the molecule is C=CCn1cc(O)c(=O)cc1CN1CCN(C)CC1. The largest absolute Gasteiger partial charge is 0.503 e. The molecule has 0 radical (unpaired) electrons. The van der Waals surface area contributed by atoms with E-state index in [1.165, 1.54) is 12.3 Å². The van der Waals surface area contributed by atoms with Crippen molar-refractivity contribution in [2.75, 3.05) is 33.2 Å². The molecule has 0 saturated carbocycles. The van der Waals surface area contributed by atoms with Crippen LogP contribution in [0.3, 0.4) is 0 Å². The molecule has 2 heterocycles. The summed E-state index contributed by atoms with van der Waals surface area (Å²) in [5.41, 5.74) is 0.608. The van der Waals surface area contributed by atoms with E-state index >= 15 is 0 Å². The minimum Gasteiger partial charge on any atom is -0.503 e. The third-order valence-corrected chi connectivity index (χ3v) is 3.50. The van der Waals surface area contributed by atoms with Gasteiger partial charge in [0, 0.05) is 51.0 Å². The number of allylic oxidation sites excluding steroid dienone is 1. The Labute approximate surface area is 113 Å². The van der Waals surface area contributed by atoms with Crippen molar-refractivity contribution in [3.05, 3.63) is 40.8 Å². The highest BCUT2D eigenvalue weighted by molar-refractivity contribution is 5.20. The van der Waals surface area contributed by atoms with Gasteiger partial charge in [0.1, 0.15) is 0 Å². The van der Waals surface area contributed by atoms with Crippen molar-refractivity contribution in [1.82, 2.24) is 14.4 Å². The van der Waals surface area contributed by atoms with Crippen LogP contribution in [-0.2, 0) is 13.1 Å². The molecule has 0 unspecified atom stereocenters. The Morgan fingerprint density at radius 1 is 1.37 bits per heavy atom. The quantitative estimate of drug-likeness (QED) is 0.803. The maximum Gasteiger partial charge on any atom is 0.223 e. The summed E-state index contributed by atoms with van der Waals surface area (Å²) in [5, 5.41) is 9.50. The van der Waals surface area contributed by atoms with Gasteiger partial charge in [0.15, 0.2) is 5.75 Å². The number of likely N-dealkylation sites (N-methyl/N-ethyl adjacent to an activating group) is 1. The van der Waals surface area contributed by atoms with Crippen LogP contribution in [0.25, 0.3) is 0 Å². The fourth-order valence-corrected chi connectivity index (χ4v) is 2.28. The molecular weight excluding hydrogens is 242 g/mol. The predicted octanol–water partition coefficient (Wildman–Crippen LogP) is 0.487. The summed E-state index contributed by atoms with van der Waals surface area (Å²) in [6, 6.07) is 1.52. The molecular formula is C14H21N3O2. The molecule has 1 aromatic rings. The predicted molar refractivity (Wildman–Crippen MR) is 75.3 cm³/mol. The van der Waals surface area contributed by atoms with Gasteiger partial charge in [-0.3, -0.25) is 9.69 Å². The number of hydrogen-bond donors (Lipinski definition) is 1. The third kappa shape index (κ3) is 3.45. The van der Waals surface area contributed by atoms with E-state index in [-0.39, 0.29) is 11.2 Å². The molecule has 0 atom stereocenters. The van der Waals surface area contributed by atoms with Crippen LogP contribution in [-0.4, -0.2) is 52.7 Å². The Morgan fingerprint density at radius 3 is 2.68 bits per heavy atom. The average Bonchev–Trinajstić information content (AvgIpc) is 2.38. The topological polar surface area (TPSA) is 48.7 Å². The van der Waals surface area contributed by atoms with E-state index in [1.54, 1.807) is 6.08 Å². The van der Waals surface area contributed by atoms with Crippen LogP contribution < -0.4 is 5.43 Å². The lowest BCUT2D eigenvalue weighted by Crippen LogP contribution is -2.44. The van der Waals surface area contributed by atoms with Crippen molar-refractivity contribution in [1.29, 1.82) is 0 Å². The maximum absolute atomic E-state index is 11.6. The molecule has 1 aliphatic heterocycles. The van der Waals surface area contributed by atoms with Crippen molar-refractivity contribution in [3.63, 3.8) is 0 Å². The second-order valence-electron chi connectivity index (χ2n) is 5.03. The number of piperazine rings is 1. The van der Waals surface area contributed by atoms with E-state index in [0.29, 0.717) is 6.54 Å². The molecule has 0 spiro atoms. The lowest BCUT2D eigenvalue weighted by atomic mass is 10.2. The van der Waals surface area contributed by atoms with Gasteiger partial charge in [-0.1, -0.05) is 6.08 Å². The highest BCUT2D eigenvalue weighted by Gasteiger charge is 2.15. The fraction of sp³-hybridized carbons (Fsp3) is 0.500. The van der Waals surface area contributed by atoms with Crippen molar-refractivity contribution in [2.45, 2.75) is 13.1 Å². The molecule has 0 aromatic carbocycles. The Hall–Kier alpha value is -1.59. The van der Waals surface area contributed by atoms with E-state index in [9.17, 15) is 9.90 Å². The molecule has 0 amide bonds. The van der Waals surface area contributed by atoms with Gasteiger partial charge >= 0.3 is 0 Å². The number of aromatic hydroxyl groups is 1. The smallest absolute Gasteiger partial charge is 0.223 e. The molecule has 1 fully saturated rings.